The van der Waals surface area contributed by atoms with E-state index in [1.807, 2.05) is 19.9 Å². The van der Waals surface area contributed by atoms with Gasteiger partial charge in [0.25, 0.3) is 11.8 Å². The van der Waals surface area contributed by atoms with Gasteiger partial charge in [0, 0.05) is 17.7 Å². The molecule has 2 N–H and O–H groups in total. The number of benzene rings is 1. The number of carbonyl (C=O) groups is 4. The van der Waals surface area contributed by atoms with Gasteiger partial charge in [0.15, 0.2) is 0 Å². The summed E-state index contributed by atoms with van der Waals surface area (Å²) in [6.45, 7) is 5.34. The number of carboxylic acids is 2. The van der Waals surface area contributed by atoms with E-state index in [9.17, 15) is 34.7 Å². The van der Waals surface area contributed by atoms with E-state index in [1.165, 1.54) is 37.3 Å². The van der Waals surface area contributed by atoms with E-state index in [0.29, 0.717) is 0 Å². The predicted molar refractivity (Wildman–Crippen MR) is 116 cm³/mol. The molecule has 0 bridgehead atoms. The molecule has 1 aliphatic heterocycles. The topological polar surface area (TPSA) is 149 Å². The minimum absolute atomic E-state index is 0.00217. The van der Waals surface area contributed by atoms with Gasteiger partial charge in [0.2, 0.25) is 0 Å². The number of amides is 2. The van der Waals surface area contributed by atoms with E-state index < -0.39 is 23.8 Å². The molecule has 3 rings (SSSR count). The molecule has 0 aliphatic carbocycles. The smallest absolute Gasteiger partial charge is 0.335 e. The first kappa shape index (κ1) is 23.2. The van der Waals surface area contributed by atoms with Crippen LogP contribution in [-0.4, -0.2) is 45.4 Å². The van der Waals surface area contributed by atoms with Gasteiger partial charge in [-0.2, -0.15) is 5.26 Å². The lowest BCUT2D eigenvalue weighted by molar-refractivity contribution is -0.141. The summed E-state index contributed by atoms with van der Waals surface area (Å²) in [5.41, 5.74) is 0.0136. The molecule has 1 aromatic carbocycles. The van der Waals surface area contributed by atoms with Crippen LogP contribution in [0.15, 0.2) is 51.5 Å². The Morgan fingerprint density at radius 3 is 2.21 bits per heavy atom. The third-order valence-corrected chi connectivity index (χ3v) is 5.00. The fourth-order valence-electron chi connectivity index (χ4n) is 3.41. The van der Waals surface area contributed by atoms with Crippen molar-refractivity contribution in [1.29, 1.82) is 5.26 Å². The third kappa shape index (κ3) is 4.60. The molecule has 0 saturated carbocycles. The summed E-state index contributed by atoms with van der Waals surface area (Å²) in [4.78, 5) is 49.3. The molecule has 1 aromatic heterocycles. The van der Waals surface area contributed by atoms with Crippen molar-refractivity contribution >= 4 is 29.8 Å². The summed E-state index contributed by atoms with van der Waals surface area (Å²) in [6.07, 6.45) is 1.40. The molecule has 0 saturated heterocycles. The highest BCUT2D eigenvalue weighted by Gasteiger charge is 2.35. The lowest BCUT2D eigenvalue weighted by atomic mass is 9.94. The second kappa shape index (κ2) is 8.96. The standard InChI is InChI=1S/C24H20N2O7/c1-12(2)11-26-21(27)18(13(3)19(10-25)22(26)28)9-17-4-5-20(33-17)14-6-15(23(29)30)8-16(7-14)24(31)32/h4-9,12H,11H2,1-3H3,(H,29,30)(H,31,32)/b18-9+. The van der Waals surface area contributed by atoms with E-state index in [2.05, 4.69) is 0 Å². The van der Waals surface area contributed by atoms with Crippen LogP contribution in [0.1, 0.15) is 47.2 Å². The van der Waals surface area contributed by atoms with Gasteiger partial charge < -0.3 is 14.6 Å². The Balaban J connectivity index is 2.07. The van der Waals surface area contributed by atoms with Crippen LogP contribution >= 0.6 is 0 Å². The van der Waals surface area contributed by atoms with Gasteiger partial charge in [-0.25, -0.2) is 9.59 Å². The molecule has 0 fully saturated rings. The predicted octanol–water partition coefficient (Wildman–Crippen LogP) is 3.59. The van der Waals surface area contributed by atoms with E-state index >= 15 is 0 Å². The number of imide groups is 1. The molecule has 1 aliphatic rings. The van der Waals surface area contributed by atoms with Crippen LogP contribution in [0, 0.1) is 17.2 Å². The van der Waals surface area contributed by atoms with Gasteiger partial charge in [-0.3, -0.25) is 14.5 Å². The summed E-state index contributed by atoms with van der Waals surface area (Å²) in [7, 11) is 0. The fraction of sp³-hybridized carbons (Fsp3) is 0.208. The molecule has 33 heavy (non-hydrogen) atoms. The van der Waals surface area contributed by atoms with Crippen LogP contribution in [0.4, 0.5) is 0 Å². The molecule has 168 valence electrons. The van der Waals surface area contributed by atoms with Gasteiger partial charge in [-0.15, -0.1) is 0 Å². The number of aromatic carboxylic acids is 2. The Morgan fingerprint density at radius 1 is 1.09 bits per heavy atom. The van der Waals surface area contributed by atoms with Crippen molar-refractivity contribution in [3.05, 3.63) is 63.9 Å². The van der Waals surface area contributed by atoms with Crippen molar-refractivity contribution in [3.63, 3.8) is 0 Å². The van der Waals surface area contributed by atoms with Crippen molar-refractivity contribution in [2.24, 2.45) is 5.92 Å². The number of nitriles is 1. The zero-order valence-electron chi connectivity index (χ0n) is 18.1. The van der Waals surface area contributed by atoms with E-state index in [0.717, 1.165) is 11.0 Å². The number of hydrogen-bond donors (Lipinski definition) is 2. The fourth-order valence-corrected chi connectivity index (χ4v) is 3.41. The number of carbonyl (C=O) groups excluding carboxylic acids is 2. The average molecular weight is 448 g/mol. The second-order valence-electron chi connectivity index (χ2n) is 7.90. The van der Waals surface area contributed by atoms with Gasteiger partial charge >= 0.3 is 11.9 Å². The normalized spacial score (nSPS) is 15.4. The highest BCUT2D eigenvalue weighted by atomic mass is 16.4. The number of rotatable bonds is 6. The highest BCUT2D eigenvalue weighted by Crippen LogP contribution is 2.30. The number of nitrogens with zero attached hydrogens (tertiary/aromatic N) is 2. The molecule has 2 amide bonds. The molecular weight excluding hydrogens is 428 g/mol. The minimum atomic E-state index is -1.29. The summed E-state index contributed by atoms with van der Waals surface area (Å²) in [5.74, 6) is -3.38. The van der Waals surface area contributed by atoms with Crippen LogP contribution in [0.2, 0.25) is 0 Å². The Labute approximate surface area is 188 Å². The molecule has 0 spiro atoms. The minimum Gasteiger partial charge on any atom is -0.478 e. The Morgan fingerprint density at radius 2 is 1.70 bits per heavy atom. The van der Waals surface area contributed by atoms with Crippen LogP contribution in [-0.2, 0) is 9.59 Å². The maximum absolute atomic E-state index is 13.0. The first-order valence-corrected chi connectivity index (χ1v) is 9.94. The molecule has 2 aromatic rings. The van der Waals surface area contributed by atoms with E-state index in [4.69, 9.17) is 4.42 Å². The maximum atomic E-state index is 13.0. The van der Waals surface area contributed by atoms with Crippen molar-refractivity contribution in [2.75, 3.05) is 6.54 Å². The first-order chi connectivity index (χ1) is 15.5. The maximum Gasteiger partial charge on any atom is 0.335 e. The van der Waals surface area contributed by atoms with Crippen molar-refractivity contribution in [1.82, 2.24) is 4.90 Å². The average Bonchev–Trinajstić information content (AvgIpc) is 3.23. The monoisotopic (exact) mass is 448 g/mol. The Bertz CT molecular complexity index is 1260. The molecule has 2 heterocycles. The number of carboxylic acid groups (broad SMARTS) is 2. The molecular formula is C24H20N2O7. The van der Waals surface area contributed by atoms with Crippen molar-refractivity contribution < 1.29 is 33.8 Å². The Kier molecular flexibility index (Phi) is 6.31. The van der Waals surface area contributed by atoms with Gasteiger partial charge in [-0.05, 0) is 54.8 Å². The van der Waals surface area contributed by atoms with Crippen molar-refractivity contribution in [3.8, 4) is 17.4 Å². The quantitative estimate of drug-likeness (QED) is 0.503. The molecule has 0 unspecified atom stereocenters. The van der Waals surface area contributed by atoms with Crippen LogP contribution in [0.25, 0.3) is 17.4 Å². The SMILES string of the molecule is CC1=C(C#N)C(=O)N(CC(C)C)C(=O)/C1=C/c1ccc(-c2cc(C(=O)O)cc(C(=O)O)c2)o1. The summed E-state index contributed by atoms with van der Waals surface area (Å²) in [5, 5.41) is 28.0. The second-order valence-corrected chi connectivity index (χ2v) is 7.90. The third-order valence-electron chi connectivity index (χ3n) is 5.00. The van der Waals surface area contributed by atoms with E-state index in [1.54, 1.807) is 0 Å². The van der Waals surface area contributed by atoms with Crippen LogP contribution < -0.4 is 0 Å². The van der Waals surface area contributed by atoms with Gasteiger partial charge in [0.1, 0.15) is 23.2 Å². The highest BCUT2D eigenvalue weighted by molar-refractivity contribution is 6.19. The molecule has 9 heteroatoms. The van der Waals surface area contributed by atoms with Crippen LogP contribution in [0.5, 0.6) is 0 Å². The van der Waals surface area contributed by atoms with E-state index in [-0.39, 0.29) is 57.4 Å². The first-order valence-electron chi connectivity index (χ1n) is 9.94. The van der Waals surface area contributed by atoms with Gasteiger partial charge in [0.05, 0.1) is 11.1 Å². The lowest BCUT2D eigenvalue weighted by Crippen LogP contribution is -2.44. The molecule has 9 nitrogen and oxygen atoms in total. The number of hydrogen-bond acceptors (Lipinski definition) is 6. The summed E-state index contributed by atoms with van der Waals surface area (Å²) < 4.78 is 5.73. The zero-order chi connectivity index (χ0) is 24.4. The number of furan rings is 1. The van der Waals surface area contributed by atoms with Gasteiger partial charge in [-0.1, -0.05) is 13.8 Å². The Hall–Kier alpha value is -4.45. The summed E-state index contributed by atoms with van der Waals surface area (Å²) >= 11 is 0. The summed E-state index contributed by atoms with van der Waals surface area (Å²) in [6, 6.07) is 8.48. The van der Waals surface area contributed by atoms with Crippen LogP contribution in [0.3, 0.4) is 0 Å². The zero-order valence-corrected chi connectivity index (χ0v) is 18.1. The molecule has 0 radical (unpaired) electrons. The molecule has 0 atom stereocenters. The van der Waals surface area contributed by atoms with Crippen molar-refractivity contribution in [2.45, 2.75) is 20.8 Å². The lowest BCUT2D eigenvalue weighted by Gasteiger charge is -2.28. The largest absolute Gasteiger partial charge is 0.478 e.